The van der Waals surface area contributed by atoms with Crippen LogP contribution in [-0.2, 0) is 9.53 Å². The summed E-state index contributed by atoms with van der Waals surface area (Å²) in [4.78, 5) is 14.6. The Balaban J connectivity index is 1.50. The van der Waals surface area contributed by atoms with E-state index in [2.05, 4.69) is 24.1 Å². The lowest BCUT2D eigenvalue weighted by atomic mass is 10.0. The standard InChI is InChI=1S/C19H26N2O2/c1-14(2)18-12-21-11-16(10-17(21)13-23-18)20-19(22)9-8-15-6-4-3-5-7-15/h3-9,14,16-18H,10-13H2,1-2H3,(H,20,22)/t16-,17-,18-/m0/s1. The van der Waals surface area contributed by atoms with Crippen LogP contribution in [0.1, 0.15) is 25.8 Å². The number of hydrogen-bond acceptors (Lipinski definition) is 3. The molecule has 2 saturated heterocycles. The molecule has 0 radical (unpaired) electrons. The summed E-state index contributed by atoms with van der Waals surface area (Å²) >= 11 is 0. The van der Waals surface area contributed by atoms with Crippen LogP contribution in [-0.4, -0.2) is 48.7 Å². The number of ether oxygens (including phenoxy) is 1. The smallest absolute Gasteiger partial charge is 0.244 e. The fourth-order valence-corrected chi connectivity index (χ4v) is 3.39. The van der Waals surface area contributed by atoms with Crippen molar-refractivity contribution in [2.75, 3.05) is 19.7 Å². The second-order valence-corrected chi connectivity index (χ2v) is 6.91. The largest absolute Gasteiger partial charge is 0.375 e. The molecule has 3 atom stereocenters. The van der Waals surface area contributed by atoms with Crippen LogP contribution >= 0.6 is 0 Å². The number of hydrogen-bond donors (Lipinski definition) is 1. The van der Waals surface area contributed by atoms with Crippen LogP contribution < -0.4 is 5.32 Å². The van der Waals surface area contributed by atoms with Gasteiger partial charge in [-0.15, -0.1) is 0 Å². The van der Waals surface area contributed by atoms with E-state index in [1.54, 1.807) is 6.08 Å². The van der Waals surface area contributed by atoms with Crippen molar-refractivity contribution in [3.05, 3.63) is 42.0 Å². The zero-order chi connectivity index (χ0) is 16.2. The van der Waals surface area contributed by atoms with E-state index in [4.69, 9.17) is 4.74 Å². The lowest BCUT2D eigenvalue weighted by Crippen LogP contribution is -2.48. The number of amides is 1. The second-order valence-electron chi connectivity index (χ2n) is 6.91. The van der Waals surface area contributed by atoms with E-state index in [1.807, 2.05) is 36.4 Å². The van der Waals surface area contributed by atoms with Crippen molar-refractivity contribution < 1.29 is 9.53 Å². The van der Waals surface area contributed by atoms with E-state index in [0.29, 0.717) is 18.1 Å². The lowest BCUT2D eigenvalue weighted by Gasteiger charge is -2.36. The maximum Gasteiger partial charge on any atom is 0.244 e. The van der Waals surface area contributed by atoms with Gasteiger partial charge in [0.1, 0.15) is 0 Å². The van der Waals surface area contributed by atoms with Crippen molar-refractivity contribution in [1.29, 1.82) is 0 Å². The van der Waals surface area contributed by atoms with Crippen LogP contribution in [0.2, 0.25) is 0 Å². The minimum absolute atomic E-state index is 0.0139. The summed E-state index contributed by atoms with van der Waals surface area (Å²) in [6.07, 6.45) is 4.78. The molecule has 0 bridgehead atoms. The monoisotopic (exact) mass is 314 g/mol. The van der Waals surface area contributed by atoms with Crippen molar-refractivity contribution in [3.63, 3.8) is 0 Å². The van der Waals surface area contributed by atoms with Crippen LogP contribution in [0.4, 0.5) is 0 Å². The maximum atomic E-state index is 12.1. The Morgan fingerprint density at radius 1 is 1.30 bits per heavy atom. The Morgan fingerprint density at radius 2 is 2.09 bits per heavy atom. The predicted molar refractivity (Wildman–Crippen MR) is 92.0 cm³/mol. The third-order valence-corrected chi connectivity index (χ3v) is 4.76. The number of carbonyl (C=O) groups is 1. The molecule has 1 N–H and O–H groups in total. The number of morpholine rings is 1. The van der Waals surface area contributed by atoms with Crippen molar-refractivity contribution in [2.45, 2.75) is 38.5 Å². The second kappa shape index (κ2) is 7.28. The van der Waals surface area contributed by atoms with Crippen molar-refractivity contribution in [1.82, 2.24) is 10.2 Å². The highest BCUT2D eigenvalue weighted by atomic mass is 16.5. The van der Waals surface area contributed by atoms with Gasteiger partial charge in [-0.25, -0.2) is 0 Å². The fraction of sp³-hybridized carbons (Fsp3) is 0.526. The van der Waals surface area contributed by atoms with Crippen molar-refractivity contribution in [2.24, 2.45) is 5.92 Å². The number of carbonyl (C=O) groups excluding carboxylic acids is 1. The molecule has 0 spiro atoms. The average molecular weight is 314 g/mol. The first kappa shape index (κ1) is 16.2. The zero-order valence-electron chi connectivity index (χ0n) is 13.9. The van der Waals surface area contributed by atoms with Gasteiger partial charge in [0.25, 0.3) is 0 Å². The Hall–Kier alpha value is -1.65. The number of nitrogens with one attached hydrogen (secondary N) is 1. The Bertz CT molecular complexity index is 556. The van der Waals surface area contributed by atoms with Gasteiger partial charge in [0, 0.05) is 31.2 Å². The van der Waals surface area contributed by atoms with Crippen LogP contribution in [0.25, 0.3) is 6.08 Å². The summed E-state index contributed by atoms with van der Waals surface area (Å²) in [5, 5.41) is 3.13. The first-order chi connectivity index (χ1) is 11.1. The molecule has 0 aromatic heterocycles. The molecule has 0 unspecified atom stereocenters. The summed E-state index contributed by atoms with van der Waals surface area (Å²) in [6, 6.07) is 10.6. The summed E-state index contributed by atoms with van der Waals surface area (Å²) < 4.78 is 5.94. The van der Waals surface area contributed by atoms with Gasteiger partial charge in [0.05, 0.1) is 12.7 Å². The summed E-state index contributed by atoms with van der Waals surface area (Å²) in [5.41, 5.74) is 1.04. The van der Waals surface area contributed by atoms with Crippen LogP contribution in [0, 0.1) is 5.92 Å². The van der Waals surface area contributed by atoms with Gasteiger partial charge in [0.15, 0.2) is 0 Å². The molecular weight excluding hydrogens is 288 g/mol. The molecule has 0 saturated carbocycles. The fourth-order valence-electron chi connectivity index (χ4n) is 3.39. The molecule has 3 rings (SSSR count). The molecule has 0 aliphatic carbocycles. The predicted octanol–water partition coefficient (Wildman–Crippen LogP) is 2.31. The van der Waals surface area contributed by atoms with Crippen LogP contribution in [0.5, 0.6) is 0 Å². The van der Waals surface area contributed by atoms with Gasteiger partial charge >= 0.3 is 0 Å². The molecular formula is C19H26N2O2. The zero-order valence-corrected chi connectivity index (χ0v) is 13.9. The Kier molecular flexibility index (Phi) is 5.13. The molecule has 124 valence electrons. The highest BCUT2D eigenvalue weighted by Crippen LogP contribution is 2.25. The minimum atomic E-state index is -0.0139. The molecule has 2 aliphatic heterocycles. The highest BCUT2D eigenvalue weighted by molar-refractivity contribution is 5.91. The molecule has 4 nitrogen and oxygen atoms in total. The maximum absolute atomic E-state index is 12.1. The SMILES string of the molecule is CC(C)[C@@H]1CN2C[C@@H](NC(=O)C=Cc3ccccc3)C[C@H]2CO1. The van der Waals surface area contributed by atoms with Gasteiger partial charge in [0.2, 0.25) is 5.91 Å². The van der Waals surface area contributed by atoms with E-state index in [-0.39, 0.29) is 11.9 Å². The van der Waals surface area contributed by atoms with E-state index in [9.17, 15) is 4.79 Å². The third kappa shape index (κ3) is 4.21. The normalized spacial score (nSPS) is 28.2. The van der Waals surface area contributed by atoms with Crippen molar-refractivity contribution in [3.8, 4) is 0 Å². The molecule has 23 heavy (non-hydrogen) atoms. The van der Waals surface area contributed by atoms with Gasteiger partial charge in [-0.1, -0.05) is 44.2 Å². The van der Waals surface area contributed by atoms with E-state index >= 15 is 0 Å². The molecule has 1 aromatic carbocycles. The molecule has 1 aromatic rings. The van der Waals surface area contributed by atoms with Gasteiger partial charge < -0.3 is 10.1 Å². The van der Waals surface area contributed by atoms with Gasteiger partial charge in [-0.2, -0.15) is 0 Å². The van der Waals surface area contributed by atoms with Crippen molar-refractivity contribution >= 4 is 12.0 Å². The van der Waals surface area contributed by atoms with Crippen LogP contribution in [0.15, 0.2) is 36.4 Å². The number of nitrogens with zero attached hydrogens (tertiary/aromatic N) is 1. The van der Waals surface area contributed by atoms with Gasteiger partial charge in [-0.3, -0.25) is 9.69 Å². The number of rotatable bonds is 4. The molecule has 2 aliphatic rings. The first-order valence-corrected chi connectivity index (χ1v) is 8.51. The average Bonchev–Trinajstić information content (AvgIpc) is 2.95. The molecule has 2 heterocycles. The summed E-state index contributed by atoms with van der Waals surface area (Å²) in [7, 11) is 0. The summed E-state index contributed by atoms with van der Waals surface area (Å²) in [6.45, 7) is 7.11. The quantitative estimate of drug-likeness (QED) is 0.867. The van der Waals surface area contributed by atoms with Crippen LogP contribution in [0.3, 0.4) is 0 Å². The van der Waals surface area contributed by atoms with E-state index in [0.717, 1.165) is 31.7 Å². The van der Waals surface area contributed by atoms with E-state index < -0.39 is 0 Å². The Labute approximate surface area is 138 Å². The topological polar surface area (TPSA) is 41.6 Å². The van der Waals surface area contributed by atoms with E-state index in [1.165, 1.54) is 0 Å². The minimum Gasteiger partial charge on any atom is -0.375 e. The molecule has 2 fully saturated rings. The number of fused-ring (bicyclic) bond motifs is 1. The highest BCUT2D eigenvalue weighted by Gasteiger charge is 2.38. The summed E-state index contributed by atoms with van der Waals surface area (Å²) in [5.74, 6) is 0.526. The number of benzene rings is 1. The Morgan fingerprint density at radius 3 is 2.83 bits per heavy atom. The molecule has 4 heteroatoms. The molecule has 1 amide bonds. The third-order valence-electron chi connectivity index (χ3n) is 4.76. The lowest BCUT2D eigenvalue weighted by molar-refractivity contribution is -0.117. The first-order valence-electron chi connectivity index (χ1n) is 8.51. The van der Waals surface area contributed by atoms with Gasteiger partial charge in [-0.05, 0) is 24.0 Å².